The van der Waals surface area contributed by atoms with Crippen LogP contribution in [0.15, 0.2) is 24.3 Å². The largest absolute Gasteiger partial charge is 0.355 e. The number of nitrogens with zero attached hydrogens (tertiary/aromatic N) is 4. The molecule has 0 spiro atoms. The van der Waals surface area contributed by atoms with Gasteiger partial charge in [0.15, 0.2) is 0 Å². The van der Waals surface area contributed by atoms with Gasteiger partial charge in [0.1, 0.15) is 17.5 Å². The van der Waals surface area contributed by atoms with Gasteiger partial charge in [0.05, 0.1) is 5.52 Å². The van der Waals surface area contributed by atoms with Crippen molar-refractivity contribution in [1.82, 2.24) is 14.8 Å². The molecular weight excluding hydrogens is 326 g/mol. The maximum Gasteiger partial charge on any atom is 0.317 e. The minimum Gasteiger partial charge on any atom is -0.355 e. The number of para-hydroxylation sites is 1. The summed E-state index contributed by atoms with van der Waals surface area (Å²) < 4.78 is 2.10. The smallest absolute Gasteiger partial charge is 0.317 e. The summed E-state index contributed by atoms with van der Waals surface area (Å²) >= 11 is 0. The van der Waals surface area contributed by atoms with E-state index in [0.29, 0.717) is 6.04 Å². The number of aryl methyl sites for hydroxylation is 1. The van der Waals surface area contributed by atoms with Gasteiger partial charge < -0.3 is 19.7 Å². The van der Waals surface area contributed by atoms with Crippen LogP contribution in [0.3, 0.4) is 0 Å². The number of fused-ring (bicyclic) bond motifs is 1. The van der Waals surface area contributed by atoms with Crippen LogP contribution in [-0.4, -0.2) is 47.2 Å². The number of anilines is 1. The van der Waals surface area contributed by atoms with Crippen molar-refractivity contribution in [2.75, 3.05) is 24.5 Å². The Kier molecular flexibility index (Phi) is 4.23. The Bertz CT molecular complexity index is 880. The van der Waals surface area contributed by atoms with E-state index in [1.54, 1.807) is 0 Å². The fourth-order valence-electron chi connectivity index (χ4n) is 4.42. The zero-order valence-electron chi connectivity index (χ0n) is 15.4. The van der Waals surface area contributed by atoms with Gasteiger partial charge in [0, 0.05) is 44.2 Å². The highest BCUT2D eigenvalue weighted by atomic mass is 16.2. The van der Waals surface area contributed by atoms with Crippen molar-refractivity contribution in [3.05, 3.63) is 29.8 Å². The molecule has 2 saturated heterocycles. The standard InChI is InChI=1S/C20H25N5O/c1-14-6-5-10-25(14)20(26)22-15-9-11-24(13-15)19-17(12-21)16-7-3-4-8-18(16)23(19)2/h3-4,7-8,14-15H,5-6,9-11,13H2,1-2H3,(H,22,26)/t14-,15+/m1/s1. The number of likely N-dealkylation sites (tertiary alicyclic amines) is 1. The summed E-state index contributed by atoms with van der Waals surface area (Å²) in [6.45, 7) is 4.56. The molecule has 2 aromatic rings. The molecule has 4 rings (SSSR count). The van der Waals surface area contributed by atoms with Gasteiger partial charge in [-0.2, -0.15) is 5.26 Å². The zero-order valence-corrected chi connectivity index (χ0v) is 15.4. The van der Waals surface area contributed by atoms with Gasteiger partial charge in [-0.3, -0.25) is 0 Å². The third-order valence-electron chi connectivity index (χ3n) is 5.82. The van der Waals surface area contributed by atoms with E-state index >= 15 is 0 Å². The highest BCUT2D eigenvalue weighted by Crippen LogP contribution is 2.33. The molecule has 0 saturated carbocycles. The molecule has 6 nitrogen and oxygen atoms in total. The SMILES string of the molecule is C[C@@H]1CCCN1C(=O)N[C@H]1CCN(c2c(C#N)c3ccccc3n2C)C1. The van der Waals surface area contributed by atoms with Crippen molar-refractivity contribution in [2.45, 2.75) is 38.3 Å². The Morgan fingerprint density at radius 2 is 2.08 bits per heavy atom. The quantitative estimate of drug-likeness (QED) is 0.905. The fraction of sp³-hybridized carbons (Fsp3) is 0.500. The summed E-state index contributed by atoms with van der Waals surface area (Å²) in [6.07, 6.45) is 3.08. The Morgan fingerprint density at radius 1 is 1.27 bits per heavy atom. The molecule has 0 aliphatic carbocycles. The maximum absolute atomic E-state index is 12.5. The molecule has 1 aromatic carbocycles. The first-order valence-electron chi connectivity index (χ1n) is 9.39. The van der Waals surface area contributed by atoms with Gasteiger partial charge in [-0.15, -0.1) is 0 Å². The third kappa shape index (κ3) is 2.68. The maximum atomic E-state index is 12.5. The average Bonchev–Trinajstić information content (AvgIpc) is 3.33. The normalized spacial score (nSPS) is 22.8. The van der Waals surface area contributed by atoms with E-state index in [1.165, 1.54) is 0 Å². The number of hydrogen-bond donors (Lipinski definition) is 1. The molecule has 26 heavy (non-hydrogen) atoms. The van der Waals surface area contributed by atoms with Gasteiger partial charge in [-0.1, -0.05) is 18.2 Å². The first kappa shape index (κ1) is 16.8. The predicted octanol–water partition coefficient (Wildman–Crippen LogP) is 2.82. The fourth-order valence-corrected chi connectivity index (χ4v) is 4.42. The van der Waals surface area contributed by atoms with Gasteiger partial charge in [0.25, 0.3) is 0 Å². The number of carbonyl (C=O) groups is 1. The molecule has 2 aliphatic rings. The predicted molar refractivity (Wildman–Crippen MR) is 102 cm³/mol. The van der Waals surface area contributed by atoms with Crippen molar-refractivity contribution in [3.8, 4) is 6.07 Å². The van der Waals surface area contributed by atoms with Gasteiger partial charge >= 0.3 is 6.03 Å². The second-order valence-electron chi connectivity index (χ2n) is 7.45. The minimum atomic E-state index is 0.0550. The number of hydrogen-bond acceptors (Lipinski definition) is 3. The average molecular weight is 351 g/mol. The van der Waals surface area contributed by atoms with Crippen LogP contribution in [0.5, 0.6) is 0 Å². The van der Waals surface area contributed by atoms with Crippen molar-refractivity contribution in [1.29, 1.82) is 5.26 Å². The summed E-state index contributed by atoms with van der Waals surface area (Å²) in [5.74, 6) is 0.958. The minimum absolute atomic E-state index is 0.0550. The van der Waals surface area contributed by atoms with E-state index < -0.39 is 0 Å². The van der Waals surface area contributed by atoms with Crippen LogP contribution in [0.1, 0.15) is 31.7 Å². The molecule has 2 fully saturated rings. The van der Waals surface area contributed by atoms with E-state index in [4.69, 9.17) is 0 Å². The highest BCUT2D eigenvalue weighted by Gasteiger charge is 2.31. The van der Waals surface area contributed by atoms with E-state index in [-0.39, 0.29) is 12.1 Å². The first-order chi connectivity index (χ1) is 12.6. The van der Waals surface area contributed by atoms with Crippen LogP contribution in [-0.2, 0) is 7.05 Å². The molecule has 2 aliphatic heterocycles. The second-order valence-corrected chi connectivity index (χ2v) is 7.45. The molecule has 2 amide bonds. The van der Waals surface area contributed by atoms with Crippen LogP contribution in [0, 0.1) is 11.3 Å². The number of carbonyl (C=O) groups excluding carboxylic acids is 1. The molecule has 1 aromatic heterocycles. The number of benzene rings is 1. The lowest BCUT2D eigenvalue weighted by atomic mass is 10.2. The molecule has 0 bridgehead atoms. The monoisotopic (exact) mass is 351 g/mol. The van der Waals surface area contributed by atoms with Crippen LogP contribution in [0.2, 0.25) is 0 Å². The van der Waals surface area contributed by atoms with Gasteiger partial charge in [-0.25, -0.2) is 4.79 Å². The summed E-state index contributed by atoms with van der Waals surface area (Å²) in [7, 11) is 2.01. The first-order valence-corrected chi connectivity index (χ1v) is 9.39. The van der Waals surface area contributed by atoms with Crippen molar-refractivity contribution >= 4 is 22.8 Å². The molecule has 0 unspecified atom stereocenters. The Morgan fingerprint density at radius 3 is 2.81 bits per heavy atom. The number of urea groups is 1. The lowest BCUT2D eigenvalue weighted by Gasteiger charge is -2.25. The molecule has 3 heterocycles. The number of aromatic nitrogens is 1. The van der Waals surface area contributed by atoms with E-state index in [2.05, 4.69) is 27.8 Å². The zero-order chi connectivity index (χ0) is 18.3. The van der Waals surface area contributed by atoms with Crippen molar-refractivity contribution in [3.63, 3.8) is 0 Å². The van der Waals surface area contributed by atoms with Crippen molar-refractivity contribution < 1.29 is 4.79 Å². The Balaban J connectivity index is 1.53. The molecule has 136 valence electrons. The summed E-state index contributed by atoms with van der Waals surface area (Å²) in [4.78, 5) is 16.7. The summed E-state index contributed by atoms with van der Waals surface area (Å²) in [5.41, 5.74) is 1.79. The molecule has 2 atom stereocenters. The number of amides is 2. The Labute approximate surface area is 154 Å². The summed E-state index contributed by atoms with van der Waals surface area (Å²) in [6, 6.07) is 10.9. The lowest BCUT2D eigenvalue weighted by Crippen LogP contribution is -2.47. The van der Waals surface area contributed by atoms with Crippen LogP contribution < -0.4 is 10.2 Å². The topological polar surface area (TPSA) is 64.3 Å². The third-order valence-corrected chi connectivity index (χ3v) is 5.82. The van der Waals surface area contributed by atoms with Crippen LogP contribution >= 0.6 is 0 Å². The molecular formula is C20H25N5O. The molecule has 6 heteroatoms. The highest BCUT2D eigenvalue weighted by molar-refractivity contribution is 5.93. The summed E-state index contributed by atoms with van der Waals surface area (Å²) in [5, 5.41) is 13.9. The van der Waals surface area contributed by atoms with E-state index in [1.807, 2.05) is 36.2 Å². The van der Waals surface area contributed by atoms with Gasteiger partial charge in [0.2, 0.25) is 0 Å². The van der Waals surface area contributed by atoms with Crippen LogP contribution in [0.4, 0.5) is 10.6 Å². The van der Waals surface area contributed by atoms with E-state index in [9.17, 15) is 10.1 Å². The van der Waals surface area contributed by atoms with Gasteiger partial charge in [-0.05, 0) is 32.3 Å². The second kappa shape index (κ2) is 6.56. The van der Waals surface area contributed by atoms with Crippen LogP contribution in [0.25, 0.3) is 10.9 Å². The number of nitrogens with one attached hydrogen (secondary N) is 1. The Hall–Kier alpha value is -2.68. The lowest BCUT2D eigenvalue weighted by molar-refractivity contribution is 0.193. The number of rotatable bonds is 2. The molecule has 0 radical (unpaired) electrons. The van der Waals surface area contributed by atoms with E-state index in [0.717, 1.165) is 61.2 Å². The van der Waals surface area contributed by atoms with Crippen molar-refractivity contribution in [2.24, 2.45) is 7.05 Å². The number of nitriles is 1. The molecule has 1 N–H and O–H groups in total.